The van der Waals surface area contributed by atoms with Crippen molar-refractivity contribution in [3.63, 3.8) is 0 Å². The number of carbonyl (C=O) groups is 1. The highest BCUT2D eigenvalue weighted by atomic mass is 32.2. The summed E-state index contributed by atoms with van der Waals surface area (Å²) in [5.41, 5.74) is 0. The molecular formula is C10H15N3O3S2. The molecule has 0 bridgehead atoms. The minimum Gasteiger partial charge on any atom is -0.333 e. The Hall–Kier alpha value is -1.12. The van der Waals surface area contributed by atoms with Crippen molar-refractivity contribution in [1.29, 1.82) is 0 Å². The number of rotatable bonds is 3. The Balaban J connectivity index is 1.90. The van der Waals surface area contributed by atoms with Gasteiger partial charge in [0.15, 0.2) is 0 Å². The van der Waals surface area contributed by atoms with Crippen LogP contribution in [0.4, 0.5) is 4.79 Å². The van der Waals surface area contributed by atoms with Crippen LogP contribution >= 0.6 is 11.3 Å². The van der Waals surface area contributed by atoms with Gasteiger partial charge in [-0.15, -0.1) is 11.3 Å². The van der Waals surface area contributed by atoms with E-state index in [1.54, 1.807) is 11.0 Å². The molecule has 0 radical (unpaired) electrons. The minimum absolute atomic E-state index is 0.0990. The third-order valence-corrected chi connectivity index (χ3v) is 5.25. The fourth-order valence-electron chi connectivity index (χ4n) is 1.80. The number of nitrogens with one attached hydrogen (secondary N) is 1. The van der Waals surface area contributed by atoms with Gasteiger partial charge in [0.1, 0.15) is 4.21 Å². The highest BCUT2D eigenvalue weighted by molar-refractivity contribution is 7.91. The van der Waals surface area contributed by atoms with Gasteiger partial charge >= 0.3 is 6.03 Å². The maximum Gasteiger partial charge on any atom is 0.317 e. The second-order valence-electron chi connectivity index (χ2n) is 4.12. The van der Waals surface area contributed by atoms with Gasteiger partial charge in [-0.25, -0.2) is 18.4 Å². The van der Waals surface area contributed by atoms with Crippen molar-refractivity contribution in [2.45, 2.75) is 23.6 Å². The van der Waals surface area contributed by atoms with Crippen LogP contribution in [0, 0.1) is 0 Å². The molecule has 0 spiro atoms. The average Bonchev–Trinajstić information content (AvgIpc) is 2.96. The first-order valence-corrected chi connectivity index (χ1v) is 7.97. The van der Waals surface area contributed by atoms with Crippen LogP contribution in [-0.4, -0.2) is 32.4 Å². The van der Waals surface area contributed by atoms with Crippen molar-refractivity contribution < 1.29 is 13.2 Å². The van der Waals surface area contributed by atoms with E-state index in [1.165, 1.54) is 6.07 Å². The number of primary sulfonamides is 1. The van der Waals surface area contributed by atoms with Crippen molar-refractivity contribution >= 4 is 27.4 Å². The first kappa shape index (κ1) is 13.3. The Morgan fingerprint density at radius 1 is 1.39 bits per heavy atom. The van der Waals surface area contributed by atoms with Crippen molar-refractivity contribution in [3.05, 3.63) is 17.0 Å². The summed E-state index contributed by atoms with van der Waals surface area (Å²) in [6, 6.07) is 3.02. The van der Waals surface area contributed by atoms with E-state index in [-0.39, 0.29) is 10.2 Å². The number of hydrogen-bond donors (Lipinski definition) is 2. The van der Waals surface area contributed by atoms with Crippen LogP contribution in [0.3, 0.4) is 0 Å². The van der Waals surface area contributed by atoms with E-state index in [0.29, 0.717) is 6.54 Å². The lowest BCUT2D eigenvalue weighted by molar-refractivity contribution is 0.208. The molecular weight excluding hydrogens is 274 g/mol. The Kier molecular flexibility index (Phi) is 3.88. The maximum absolute atomic E-state index is 11.7. The second-order valence-corrected chi connectivity index (χ2v) is 7.08. The summed E-state index contributed by atoms with van der Waals surface area (Å²) in [7, 11) is -3.64. The number of thiophene rings is 1. The largest absolute Gasteiger partial charge is 0.333 e. The molecule has 0 aromatic carbocycles. The average molecular weight is 289 g/mol. The van der Waals surface area contributed by atoms with Crippen LogP contribution in [0.5, 0.6) is 0 Å². The van der Waals surface area contributed by atoms with Gasteiger partial charge in [-0.05, 0) is 25.0 Å². The van der Waals surface area contributed by atoms with Gasteiger partial charge in [0.25, 0.3) is 0 Å². The molecule has 2 heterocycles. The highest BCUT2D eigenvalue weighted by Gasteiger charge is 2.18. The zero-order valence-electron chi connectivity index (χ0n) is 9.76. The first-order valence-electron chi connectivity index (χ1n) is 5.61. The number of nitrogens with zero attached hydrogens (tertiary/aromatic N) is 1. The van der Waals surface area contributed by atoms with Gasteiger partial charge < -0.3 is 10.2 Å². The molecule has 8 heteroatoms. The number of urea groups is 1. The molecule has 1 saturated heterocycles. The molecule has 2 rings (SSSR count). The summed E-state index contributed by atoms with van der Waals surface area (Å²) < 4.78 is 22.3. The predicted molar refractivity (Wildman–Crippen MR) is 68.7 cm³/mol. The molecule has 1 aromatic heterocycles. The molecule has 6 nitrogen and oxygen atoms in total. The van der Waals surface area contributed by atoms with Crippen molar-refractivity contribution in [1.82, 2.24) is 10.2 Å². The zero-order valence-corrected chi connectivity index (χ0v) is 11.4. The molecule has 2 amide bonds. The van der Waals surface area contributed by atoms with E-state index in [9.17, 15) is 13.2 Å². The first-order chi connectivity index (χ1) is 8.47. The lowest BCUT2D eigenvalue weighted by Crippen LogP contribution is -2.37. The fourth-order valence-corrected chi connectivity index (χ4v) is 3.52. The Labute approximate surface area is 110 Å². The monoisotopic (exact) mass is 289 g/mol. The van der Waals surface area contributed by atoms with Gasteiger partial charge in [0.05, 0.1) is 6.54 Å². The van der Waals surface area contributed by atoms with E-state index in [2.05, 4.69) is 5.32 Å². The Morgan fingerprint density at radius 3 is 2.61 bits per heavy atom. The standard InChI is InChI=1S/C10H15N3O3S2/c11-18(15,16)9-4-3-8(17-9)7-12-10(14)13-5-1-2-6-13/h3-4H,1-2,5-7H2,(H,12,14)(H2,11,15,16). The Bertz CT molecular complexity index is 532. The predicted octanol–water partition coefficient (Wildman–Crippen LogP) is 0.701. The van der Waals surface area contributed by atoms with Crippen LogP contribution in [0.15, 0.2) is 16.3 Å². The molecule has 0 unspecified atom stereocenters. The van der Waals surface area contributed by atoms with E-state index < -0.39 is 10.0 Å². The normalized spacial score (nSPS) is 15.9. The molecule has 1 aromatic rings. The quantitative estimate of drug-likeness (QED) is 0.858. The number of carbonyl (C=O) groups excluding carboxylic acids is 1. The van der Waals surface area contributed by atoms with Crippen LogP contribution in [0.25, 0.3) is 0 Å². The van der Waals surface area contributed by atoms with Crippen LogP contribution < -0.4 is 10.5 Å². The number of hydrogen-bond acceptors (Lipinski definition) is 4. The molecule has 1 aliphatic rings. The lowest BCUT2D eigenvalue weighted by Gasteiger charge is -2.15. The molecule has 1 fully saturated rings. The van der Waals surface area contributed by atoms with Gasteiger partial charge in [-0.3, -0.25) is 0 Å². The summed E-state index contributed by atoms with van der Waals surface area (Å²) in [6.45, 7) is 1.91. The molecule has 18 heavy (non-hydrogen) atoms. The summed E-state index contributed by atoms with van der Waals surface area (Å²) in [5.74, 6) is 0. The van der Waals surface area contributed by atoms with Crippen LogP contribution in [-0.2, 0) is 16.6 Å². The highest BCUT2D eigenvalue weighted by Crippen LogP contribution is 2.20. The van der Waals surface area contributed by atoms with Crippen LogP contribution in [0.2, 0.25) is 0 Å². The smallest absolute Gasteiger partial charge is 0.317 e. The van der Waals surface area contributed by atoms with Gasteiger partial charge in [-0.1, -0.05) is 0 Å². The third kappa shape index (κ3) is 3.21. The fraction of sp³-hybridized carbons (Fsp3) is 0.500. The molecule has 100 valence electrons. The van der Waals surface area contributed by atoms with Crippen LogP contribution in [0.1, 0.15) is 17.7 Å². The molecule has 0 atom stereocenters. The number of nitrogens with two attached hydrogens (primary N) is 1. The zero-order chi connectivity index (χ0) is 13.2. The van der Waals surface area contributed by atoms with Crippen molar-refractivity contribution in [2.75, 3.05) is 13.1 Å². The summed E-state index contributed by atoms with van der Waals surface area (Å²) in [6.07, 6.45) is 2.09. The summed E-state index contributed by atoms with van der Waals surface area (Å²) >= 11 is 1.08. The summed E-state index contributed by atoms with van der Waals surface area (Å²) in [4.78, 5) is 14.2. The molecule has 0 aliphatic carbocycles. The van der Waals surface area contributed by atoms with Crippen molar-refractivity contribution in [3.8, 4) is 0 Å². The Morgan fingerprint density at radius 2 is 2.06 bits per heavy atom. The van der Waals surface area contributed by atoms with E-state index in [0.717, 1.165) is 42.1 Å². The molecule has 3 N–H and O–H groups in total. The van der Waals surface area contributed by atoms with Gasteiger partial charge in [0, 0.05) is 18.0 Å². The van der Waals surface area contributed by atoms with E-state index >= 15 is 0 Å². The lowest BCUT2D eigenvalue weighted by atomic mass is 10.4. The second kappa shape index (κ2) is 5.25. The topological polar surface area (TPSA) is 92.5 Å². The maximum atomic E-state index is 11.7. The number of likely N-dealkylation sites (tertiary alicyclic amines) is 1. The van der Waals surface area contributed by atoms with E-state index in [1.807, 2.05) is 0 Å². The third-order valence-electron chi connectivity index (χ3n) is 2.72. The SMILES string of the molecule is NS(=O)(=O)c1ccc(CNC(=O)N2CCCC2)s1. The molecule has 1 aliphatic heterocycles. The number of amides is 2. The van der Waals surface area contributed by atoms with Crippen molar-refractivity contribution in [2.24, 2.45) is 5.14 Å². The van der Waals surface area contributed by atoms with Gasteiger partial charge in [-0.2, -0.15) is 0 Å². The molecule has 0 saturated carbocycles. The van der Waals surface area contributed by atoms with Gasteiger partial charge in [0.2, 0.25) is 10.0 Å². The minimum atomic E-state index is -3.64. The summed E-state index contributed by atoms with van der Waals surface area (Å²) in [5, 5.41) is 7.78. The van der Waals surface area contributed by atoms with E-state index in [4.69, 9.17) is 5.14 Å². The number of sulfonamides is 1.